The standard InChI is InChI=1S/C16H21FN2O/c17-16-12(8-18)6-3-7-14(16)10-19-9-13-4-1-2-5-15(13)11-20/h3,6-7,13,15,19-20H,1-2,4-5,9-11H2. The summed E-state index contributed by atoms with van der Waals surface area (Å²) in [4.78, 5) is 0. The van der Waals surface area contributed by atoms with E-state index < -0.39 is 5.82 Å². The fourth-order valence-electron chi connectivity index (χ4n) is 2.99. The van der Waals surface area contributed by atoms with Crippen LogP contribution in [0, 0.1) is 29.0 Å². The van der Waals surface area contributed by atoms with Crippen LogP contribution in [-0.4, -0.2) is 18.3 Å². The van der Waals surface area contributed by atoms with Gasteiger partial charge in [-0.15, -0.1) is 0 Å². The maximum atomic E-state index is 13.9. The number of nitrogens with zero attached hydrogens (tertiary/aromatic N) is 1. The van der Waals surface area contributed by atoms with Crippen LogP contribution in [-0.2, 0) is 6.54 Å². The smallest absolute Gasteiger partial charge is 0.145 e. The maximum absolute atomic E-state index is 13.9. The molecule has 20 heavy (non-hydrogen) atoms. The second-order valence-corrected chi connectivity index (χ2v) is 5.51. The molecule has 1 fully saturated rings. The van der Waals surface area contributed by atoms with Gasteiger partial charge in [0.1, 0.15) is 11.9 Å². The molecule has 2 rings (SSSR count). The van der Waals surface area contributed by atoms with Crippen molar-refractivity contribution in [3.63, 3.8) is 0 Å². The Bertz CT molecular complexity index is 484. The predicted molar refractivity (Wildman–Crippen MR) is 75.4 cm³/mol. The fraction of sp³-hybridized carbons (Fsp3) is 0.562. The van der Waals surface area contributed by atoms with E-state index in [0.717, 1.165) is 19.4 Å². The van der Waals surface area contributed by atoms with Crippen LogP contribution in [0.3, 0.4) is 0 Å². The monoisotopic (exact) mass is 276 g/mol. The van der Waals surface area contributed by atoms with Crippen LogP contribution in [0.25, 0.3) is 0 Å². The predicted octanol–water partition coefficient (Wildman–Crippen LogP) is 2.59. The summed E-state index contributed by atoms with van der Waals surface area (Å²) in [6.45, 7) is 1.46. The molecular formula is C16H21FN2O. The zero-order valence-corrected chi connectivity index (χ0v) is 11.6. The number of nitriles is 1. The van der Waals surface area contributed by atoms with Gasteiger partial charge in [-0.05, 0) is 37.3 Å². The lowest BCUT2D eigenvalue weighted by atomic mass is 9.79. The van der Waals surface area contributed by atoms with Crippen molar-refractivity contribution in [3.8, 4) is 6.07 Å². The molecule has 2 atom stereocenters. The zero-order chi connectivity index (χ0) is 14.4. The van der Waals surface area contributed by atoms with Gasteiger partial charge in [-0.2, -0.15) is 5.26 Å². The summed E-state index contributed by atoms with van der Waals surface area (Å²) in [6.07, 6.45) is 4.61. The lowest BCUT2D eigenvalue weighted by Gasteiger charge is -2.30. The summed E-state index contributed by atoms with van der Waals surface area (Å²) in [6, 6.07) is 6.75. The quantitative estimate of drug-likeness (QED) is 0.869. The Kier molecular flexibility index (Phi) is 5.51. The van der Waals surface area contributed by atoms with Crippen molar-refractivity contribution >= 4 is 0 Å². The molecule has 0 radical (unpaired) electrons. The molecule has 1 aromatic carbocycles. The average molecular weight is 276 g/mol. The second kappa shape index (κ2) is 7.37. The molecule has 0 bridgehead atoms. The van der Waals surface area contributed by atoms with Crippen molar-refractivity contribution in [2.45, 2.75) is 32.2 Å². The minimum Gasteiger partial charge on any atom is -0.396 e. The Balaban J connectivity index is 1.88. The van der Waals surface area contributed by atoms with E-state index in [1.54, 1.807) is 12.1 Å². The summed E-state index contributed by atoms with van der Waals surface area (Å²) in [5.41, 5.74) is 0.621. The molecule has 108 valence electrons. The van der Waals surface area contributed by atoms with Crippen LogP contribution >= 0.6 is 0 Å². The molecule has 0 amide bonds. The highest BCUT2D eigenvalue weighted by molar-refractivity contribution is 5.34. The van der Waals surface area contributed by atoms with E-state index in [9.17, 15) is 9.50 Å². The number of aliphatic hydroxyl groups excluding tert-OH is 1. The van der Waals surface area contributed by atoms with Crippen molar-refractivity contribution in [3.05, 3.63) is 35.1 Å². The summed E-state index contributed by atoms with van der Waals surface area (Å²) >= 11 is 0. The van der Waals surface area contributed by atoms with Crippen molar-refractivity contribution in [2.24, 2.45) is 11.8 Å². The molecule has 0 saturated heterocycles. The molecule has 0 spiro atoms. The second-order valence-electron chi connectivity index (χ2n) is 5.51. The van der Waals surface area contributed by atoms with Gasteiger partial charge in [0.25, 0.3) is 0 Å². The van der Waals surface area contributed by atoms with Gasteiger partial charge in [0, 0.05) is 18.7 Å². The minimum atomic E-state index is -0.426. The van der Waals surface area contributed by atoms with Gasteiger partial charge in [-0.1, -0.05) is 25.0 Å². The molecule has 1 aliphatic carbocycles. The number of benzene rings is 1. The lowest BCUT2D eigenvalue weighted by Crippen LogP contribution is -2.32. The van der Waals surface area contributed by atoms with Crippen molar-refractivity contribution in [2.75, 3.05) is 13.2 Å². The van der Waals surface area contributed by atoms with Gasteiger partial charge >= 0.3 is 0 Å². The van der Waals surface area contributed by atoms with Gasteiger partial charge in [0.15, 0.2) is 0 Å². The molecule has 1 aromatic rings. The molecule has 0 heterocycles. The molecule has 2 unspecified atom stereocenters. The van der Waals surface area contributed by atoms with Crippen molar-refractivity contribution in [1.82, 2.24) is 5.32 Å². The van der Waals surface area contributed by atoms with E-state index in [-0.39, 0.29) is 12.2 Å². The van der Waals surface area contributed by atoms with Crippen LogP contribution in [0.4, 0.5) is 4.39 Å². The molecule has 0 aliphatic heterocycles. The van der Waals surface area contributed by atoms with Gasteiger partial charge in [0.05, 0.1) is 5.56 Å². The number of aliphatic hydroxyl groups is 1. The summed E-state index contributed by atoms with van der Waals surface area (Å²) < 4.78 is 13.9. The van der Waals surface area contributed by atoms with Gasteiger partial charge < -0.3 is 10.4 Å². The molecule has 2 N–H and O–H groups in total. The zero-order valence-electron chi connectivity index (χ0n) is 11.6. The van der Waals surface area contributed by atoms with E-state index in [1.165, 1.54) is 18.9 Å². The minimum absolute atomic E-state index is 0.0928. The Morgan fingerprint density at radius 1 is 1.30 bits per heavy atom. The third-order valence-corrected chi connectivity index (χ3v) is 4.22. The SMILES string of the molecule is N#Cc1cccc(CNCC2CCCCC2CO)c1F. The number of nitrogens with one attached hydrogen (secondary N) is 1. The molecule has 3 nitrogen and oxygen atoms in total. The lowest BCUT2D eigenvalue weighted by molar-refractivity contribution is 0.133. The molecule has 1 saturated carbocycles. The van der Waals surface area contributed by atoms with Crippen LogP contribution in [0.5, 0.6) is 0 Å². The highest BCUT2D eigenvalue weighted by Gasteiger charge is 2.23. The highest BCUT2D eigenvalue weighted by atomic mass is 19.1. The van der Waals surface area contributed by atoms with Crippen molar-refractivity contribution in [1.29, 1.82) is 5.26 Å². The van der Waals surface area contributed by atoms with Crippen LogP contribution in [0.1, 0.15) is 36.8 Å². The molecule has 1 aliphatic rings. The third-order valence-electron chi connectivity index (χ3n) is 4.22. The summed E-state index contributed by atoms with van der Waals surface area (Å²) in [5, 5.41) is 21.4. The topological polar surface area (TPSA) is 56.0 Å². The Morgan fingerprint density at radius 3 is 2.75 bits per heavy atom. The van der Waals surface area contributed by atoms with E-state index in [1.807, 2.05) is 6.07 Å². The Morgan fingerprint density at radius 2 is 2.05 bits per heavy atom. The van der Waals surface area contributed by atoms with Crippen LogP contribution in [0.15, 0.2) is 18.2 Å². The normalized spacial score (nSPS) is 22.4. The van der Waals surface area contributed by atoms with Crippen LogP contribution in [0.2, 0.25) is 0 Å². The highest BCUT2D eigenvalue weighted by Crippen LogP contribution is 2.29. The maximum Gasteiger partial charge on any atom is 0.145 e. The molecule has 0 aromatic heterocycles. The van der Waals surface area contributed by atoms with Gasteiger partial charge in [-0.3, -0.25) is 0 Å². The van der Waals surface area contributed by atoms with E-state index in [0.29, 0.717) is 23.9 Å². The number of halogens is 1. The van der Waals surface area contributed by atoms with E-state index in [4.69, 9.17) is 5.26 Å². The van der Waals surface area contributed by atoms with Gasteiger partial charge in [-0.25, -0.2) is 4.39 Å². The summed E-state index contributed by atoms with van der Waals surface area (Å²) in [7, 11) is 0. The van der Waals surface area contributed by atoms with Crippen molar-refractivity contribution < 1.29 is 9.50 Å². The number of rotatable bonds is 5. The first kappa shape index (κ1) is 15.0. The molecular weight excluding hydrogens is 255 g/mol. The van der Waals surface area contributed by atoms with Crippen LogP contribution < -0.4 is 5.32 Å². The Labute approximate surface area is 119 Å². The summed E-state index contributed by atoms with van der Waals surface area (Å²) in [5.74, 6) is 0.410. The average Bonchev–Trinajstić information content (AvgIpc) is 2.49. The van der Waals surface area contributed by atoms with Gasteiger partial charge in [0.2, 0.25) is 0 Å². The first-order valence-electron chi connectivity index (χ1n) is 7.25. The Hall–Kier alpha value is -1.44. The first-order valence-corrected chi connectivity index (χ1v) is 7.25. The fourth-order valence-corrected chi connectivity index (χ4v) is 2.99. The molecule has 4 heteroatoms. The third kappa shape index (κ3) is 3.56. The van der Waals surface area contributed by atoms with E-state index >= 15 is 0 Å². The number of hydrogen-bond acceptors (Lipinski definition) is 3. The largest absolute Gasteiger partial charge is 0.396 e. The first-order chi connectivity index (χ1) is 9.76. The number of hydrogen-bond donors (Lipinski definition) is 2. The van der Waals surface area contributed by atoms with E-state index in [2.05, 4.69) is 5.32 Å².